The molecule has 0 fully saturated rings. The first-order valence-corrected chi connectivity index (χ1v) is 23.5. The molecule has 0 saturated carbocycles. The van der Waals surface area contributed by atoms with Gasteiger partial charge in [-0.3, -0.25) is 0 Å². The summed E-state index contributed by atoms with van der Waals surface area (Å²) in [5.41, 5.74) is 18.2. The molecule has 0 amide bonds. The Hall–Kier alpha value is -7.50. The summed E-state index contributed by atoms with van der Waals surface area (Å²) in [6.45, 7) is 11.0. The van der Waals surface area contributed by atoms with Crippen molar-refractivity contribution in [2.45, 2.75) is 59.3 Å². The number of rotatable bonds is 8. The van der Waals surface area contributed by atoms with Crippen molar-refractivity contribution in [3.05, 3.63) is 218 Å². The van der Waals surface area contributed by atoms with Crippen LogP contribution in [0.4, 0.5) is 39.8 Å². The molecule has 0 unspecified atom stereocenters. The van der Waals surface area contributed by atoms with Crippen LogP contribution in [0.2, 0.25) is 0 Å². The third kappa shape index (κ3) is 8.11. The van der Waals surface area contributed by atoms with E-state index >= 15 is 0 Å². The number of hydrogen-bond acceptors (Lipinski definition) is 4. The molecule has 324 valence electrons. The zero-order valence-corrected chi connectivity index (χ0v) is 38.6. The largest absolute Gasteiger partial charge is 0.456 e. The molecule has 4 nitrogen and oxygen atoms in total. The normalized spacial score (nSPS) is 13.1. The van der Waals surface area contributed by atoms with E-state index in [1.807, 2.05) is 12.1 Å². The third-order valence-electron chi connectivity index (χ3n) is 12.7. The monoisotopic (exact) mass is 857 g/mol. The van der Waals surface area contributed by atoms with Crippen LogP contribution in [0, 0.1) is 0 Å². The van der Waals surface area contributed by atoms with Crippen LogP contribution in [-0.2, 0) is 5.41 Å². The molecular weight excluding hydrogens is 802 g/mol. The standard InChI is InChI=1S/C58H48BN3O.C3H8/c1-58(2,3)41-31-35-46(36-32-41)62-52-26-16-25-51(60-43-33-29-40(30-34-43)48-24-15-28-55-56(48)49-23-13-14-27-54(49)63-55)57(52)59(42-17-7-4-8-18-42)50-38-37-47(39-53(50)62)61(44-19-9-5-10-20-44)45-21-11-6-12-22-45;1-3-2/h4-5,7-11,13-39,60H,6,12H2,1-3H3;3H2,1-2H3. The van der Waals surface area contributed by atoms with Gasteiger partial charge in [0.2, 0.25) is 6.71 Å². The van der Waals surface area contributed by atoms with E-state index in [0.717, 1.165) is 80.0 Å². The Balaban J connectivity index is 0.00000166. The Morgan fingerprint density at radius 3 is 2.06 bits per heavy atom. The van der Waals surface area contributed by atoms with Crippen molar-refractivity contribution in [1.82, 2.24) is 0 Å². The molecule has 2 heterocycles. The van der Waals surface area contributed by atoms with Crippen molar-refractivity contribution >= 4 is 84.9 Å². The van der Waals surface area contributed by atoms with Crippen molar-refractivity contribution < 1.29 is 4.42 Å². The second kappa shape index (κ2) is 18.2. The number of para-hydroxylation sites is 2. The number of benzene rings is 8. The topological polar surface area (TPSA) is 31.6 Å². The first-order valence-electron chi connectivity index (χ1n) is 23.5. The SMILES string of the molecule is CC(C)(C)c1ccc(N2c3cc(N(C4=CCCC=C4)c4ccccc4)ccc3B(c3ccccc3)c3c(Nc4ccc(-c5cccc6oc7ccccc7c56)cc4)cccc32)cc1.CCC. The molecule has 1 aliphatic heterocycles. The third-order valence-corrected chi connectivity index (χ3v) is 12.7. The van der Waals surface area contributed by atoms with Crippen LogP contribution in [0.3, 0.4) is 0 Å². The average molecular weight is 858 g/mol. The van der Waals surface area contributed by atoms with Gasteiger partial charge in [-0.05, 0) is 125 Å². The first kappa shape index (κ1) is 42.5. The minimum absolute atomic E-state index is 0.0324. The lowest BCUT2D eigenvalue weighted by Crippen LogP contribution is -2.57. The fourth-order valence-corrected chi connectivity index (χ4v) is 9.63. The summed E-state index contributed by atoms with van der Waals surface area (Å²) in [6, 6.07) is 68.2. The molecule has 66 heavy (non-hydrogen) atoms. The van der Waals surface area contributed by atoms with Crippen LogP contribution in [-0.4, -0.2) is 6.71 Å². The van der Waals surface area contributed by atoms with Crippen molar-refractivity contribution in [1.29, 1.82) is 0 Å². The van der Waals surface area contributed by atoms with Gasteiger partial charge in [0.1, 0.15) is 11.2 Å². The summed E-state index contributed by atoms with van der Waals surface area (Å²) >= 11 is 0. The summed E-state index contributed by atoms with van der Waals surface area (Å²) in [6.07, 6.45) is 10.3. The second-order valence-corrected chi connectivity index (χ2v) is 18.4. The van der Waals surface area contributed by atoms with E-state index in [2.05, 4.69) is 244 Å². The van der Waals surface area contributed by atoms with Crippen LogP contribution < -0.4 is 31.5 Å². The predicted molar refractivity (Wildman–Crippen MR) is 284 cm³/mol. The van der Waals surface area contributed by atoms with Crippen molar-refractivity contribution in [3.8, 4) is 11.1 Å². The Labute approximate surface area is 390 Å². The Kier molecular flexibility index (Phi) is 11.7. The van der Waals surface area contributed by atoms with Gasteiger partial charge in [-0.15, -0.1) is 0 Å². The van der Waals surface area contributed by atoms with E-state index in [1.54, 1.807) is 0 Å². The maximum absolute atomic E-state index is 6.25. The lowest BCUT2D eigenvalue weighted by Gasteiger charge is -2.39. The van der Waals surface area contributed by atoms with Crippen LogP contribution in [0.15, 0.2) is 216 Å². The molecule has 1 aromatic heterocycles. The van der Waals surface area contributed by atoms with Gasteiger partial charge >= 0.3 is 0 Å². The van der Waals surface area contributed by atoms with Gasteiger partial charge in [0.15, 0.2) is 0 Å². The summed E-state index contributed by atoms with van der Waals surface area (Å²) in [5.74, 6) is 0. The number of allylic oxidation sites excluding steroid dienone is 3. The zero-order valence-electron chi connectivity index (χ0n) is 38.6. The van der Waals surface area contributed by atoms with E-state index in [4.69, 9.17) is 4.42 Å². The van der Waals surface area contributed by atoms with Gasteiger partial charge < -0.3 is 19.5 Å². The molecule has 1 aliphatic carbocycles. The molecule has 0 bridgehead atoms. The summed E-state index contributed by atoms with van der Waals surface area (Å²) in [5, 5.41) is 6.21. The number of anilines is 7. The lowest BCUT2D eigenvalue weighted by atomic mass is 9.34. The van der Waals surface area contributed by atoms with E-state index in [1.165, 1.54) is 39.8 Å². The van der Waals surface area contributed by atoms with Gasteiger partial charge in [-0.1, -0.05) is 174 Å². The van der Waals surface area contributed by atoms with Gasteiger partial charge in [0, 0.05) is 56.3 Å². The first-order chi connectivity index (χ1) is 32.3. The summed E-state index contributed by atoms with van der Waals surface area (Å²) in [7, 11) is 0. The van der Waals surface area contributed by atoms with Crippen LogP contribution >= 0.6 is 0 Å². The maximum Gasteiger partial charge on any atom is 0.249 e. The molecular formula is C61H56BN3O. The quantitative estimate of drug-likeness (QED) is 0.154. The number of nitrogens with one attached hydrogen (secondary N) is 1. The highest BCUT2D eigenvalue weighted by Crippen LogP contribution is 2.43. The zero-order chi connectivity index (χ0) is 45.2. The fraction of sp³-hybridized carbons (Fsp3) is 0.148. The summed E-state index contributed by atoms with van der Waals surface area (Å²) in [4.78, 5) is 4.89. The van der Waals surface area contributed by atoms with Gasteiger partial charge in [-0.25, -0.2) is 0 Å². The van der Waals surface area contributed by atoms with Crippen molar-refractivity contribution in [2.24, 2.45) is 0 Å². The molecule has 8 aromatic carbocycles. The van der Waals surface area contributed by atoms with Gasteiger partial charge in [0.25, 0.3) is 0 Å². The van der Waals surface area contributed by atoms with E-state index < -0.39 is 0 Å². The lowest BCUT2D eigenvalue weighted by molar-refractivity contribution is 0.590. The molecule has 1 N–H and O–H groups in total. The van der Waals surface area contributed by atoms with Crippen molar-refractivity contribution in [3.63, 3.8) is 0 Å². The maximum atomic E-state index is 6.25. The van der Waals surface area contributed by atoms with Crippen LogP contribution in [0.25, 0.3) is 33.1 Å². The number of fused-ring (bicyclic) bond motifs is 5. The molecule has 0 spiro atoms. The number of hydrogen-bond donors (Lipinski definition) is 1. The molecule has 9 aromatic rings. The number of furan rings is 1. The number of nitrogens with zero attached hydrogens (tertiary/aromatic N) is 2. The molecule has 0 saturated heterocycles. The highest BCUT2D eigenvalue weighted by atomic mass is 16.3. The highest BCUT2D eigenvalue weighted by molar-refractivity contribution is 6.98. The minimum Gasteiger partial charge on any atom is -0.456 e. The van der Waals surface area contributed by atoms with Crippen LogP contribution in [0.5, 0.6) is 0 Å². The smallest absolute Gasteiger partial charge is 0.249 e. The van der Waals surface area contributed by atoms with Crippen molar-refractivity contribution in [2.75, 3.05) is 15.1 Å². The molecule has 0 atom stereocenters. The molecule has 2 aliphatic rings. The van der Waals surface area contributed by atoms with E-state index in [-0.39, 0.29) is 12.1 Å². The van der Waals surface area contributed by atoms with Gasteiger partial charge in [0.05, 0.1) is 0 Å². The Bertz CT molecular complexity index is 3200. The Morgan fingerprint density at radius 1 is 0.636 bits per heavy atom. The van der Waals surface area contributed by atoms with E-state index in [9.17, 15) is 0 Å². The molecule has 0 radical (unpaired) electrons. The fourth-order valence-electron chi connectivity index (χ4n) is 9.63. The minimum atomic E-state index is -0.0377. The molecule has 11 rings (SSSR count). The Morgan fingerprint density at radius 2 is 1.33 bits per heavy atom. The average Bonchev–Trinajstić information content (AvgIpc) is 3.74. The summed E-state index contributed by atoms with van der Waals surface area (Å²) < 4.78 is 6.25. The molecule has 5 heteroatoms. The van der Waals surface area contributed by atoms with Crippen LogP contribution in [0.1, 0.15) is 59.4 Å². The van der Waals surface area contributed by atoms with E-state index in [0.29, 0.717) is 0 Å². The highest BCUT2D eigenvalue weighted by Gasteiger charge is 2.38. The second-order valence-electron chi connectivity index (χ2n) is 18.4. The predicted octanol–water partition coefficient (Wildman–Crippen LogP) is 15.4. The van der Waals surface area contributed by atoms with Gasteiger partial charge in [-0.2, -0.15) is 0 Å².